The van der Waals surface area contributed by atoms with Crippen molar-refractivity contribution in [1.82, 2.24) is 14.8 Å². The third-order valence-electron chi connectivity index (χ3n) is 2.51. The molecule has 0 aliphatic heterocycles. The number of hydrogen-bond donors (Lipinski definition) is 0. The summed E-state index contributed by atoms with van der Waals surface area (Å²) in [6.07, 6.45) is 8.16. The van der Waals surface area contributed by atoms with Crippen molar-refractivity contribution in [3.63, 3.8) is 0 Å². The second-order valence-electron chi connectivity index (χ2n) is 5.18. The van der Waals surface area contributed by atoms with Crippen molar-refractivity contribution in [3.8, 4) is 16.9 Å². The van der Waals surface area contributed by atoms with Gasteiger partial charge in [0.1, 0.15) is 12.1 Å². The first-order valence-corrected chi connectivity index (χ1v) is 9.05. The normalized spacial score (nSPS) is 11.6. The van der Waals surface area contributed by atoms with Crippen LogP contribution in [0.5, 0.6) is 5.75 Å². The van der Waals surface area contributed by atoms with E-state index in [-0.39, 0.29) is 0 Å². The first-order valence-electron chi connectivity index (χ1n) is 6.20. The van der Waals surface area contributed by atoms with Gasteiger partial charge in [-0.05, 0) is 47.6 Å². The molecule has 0 spiro atoms. The van der Waals surface area contributed by atoms with Gasteiger partial charge in [0, 0.05) is 0 Å². The highest BCUT2D eigenvalue weighted by molar-refractivity contribution is 8.35. The molecule has 2 aromatic rings. The van der Waals surface area contributed by atoms with Crippen LogP contribution in [-0.4, -0.2) is 40.6 Å². The van der Waals surface area contributed by atoms with Crippen LogP contribution in [0.25, 0.3) is 0 Å². The van der Waals surface area contributed by atoms with Gasteiger partial charge in [0.2, 0.25) is 5.82 Å². The highest BCUT2D eigenvalue weighted by Gasteiger charge is 2.01. The number of hydrogen-bond acceptors (Lipinski definition) is 3. The number of benzene rings is 1. The zero-order valence-corrected chi connectivity index (χ0v) is 13.1. The molecule has 0 unspecified atom stereocenters. The fraction of sp³-hybridized carbons (Fsp3) is 0.333. The molecule has 0 atom stereocenters. The van der Waals surface area contributed by atoms with Crippen molar-refractivity contribution >= 4 is 10.0 Å². The molecular weight excluding hydrogens is 270 g/mol. The standard InChI is InChI=1S/C15H19N3OS/c1-19-14-7-5-13(6-8-14)11-18-12-16-15(17-18)9-10-20(2,3)4/h5-8,12H,11H2,1-4H3. The number of methoxy groups -OCH3 is 1. The zero-order chi connectivity index (χ0) is 14.6. The molecule has 0 fully saturated rings. The molecular formula is C15H19N3OS. The van der Waals surface area contributed by atoms with E-state index < -0.39 is 10.0 Å². The third-order valence-corrected chi connectivity index (χ3v) is 3.22. The first kappa shape index (κ1) is 14.5. The van der Waals surface area contributed by atoms with Crippen LogP contribution < -0.4 is 4.74 Å². The van der Waals surface area contributed by atoms with Gasteiger partial charge in [-0.3, -0.25) is 0 Å². The SMILES string of the molecule is COc1ccc(Cn2cnc(C#CS(C)(C)C)n2)cc1. The molecule has 1 aromatic carbocycles. The van der Waals surface area contributed by atoms with Crippen LogP contribution in [0.15, 0.2) is 30.6 Å². The summed E-state index contributed by atoms with van der Waals surface area (Å²) in [7, 11) is 0.817. The maximum atomic E-state index is 5.14. The summed E-state index contributed by atoms with van der Waals surface area (Å²) >= 11 is 0. The van der Waals surface area contributed by atoms with Crippen molar-refractivity contribution in [2.75, 3.05) is 25.9 Å². The Morgan fingerprint density at radius 2 is 1.90 bits per heavy atom. The topological polar surface area (TPSA) is 39.9 Å². The second kappa shape index (κ2) is 6.02. The minimum atomic E-state index is -0.844. The Morgan fingerprint density at radius 3 is 2.50 bits per heavy atom. The zero-order valence-electron chi connectivity index (χ0n) is 12.3. The molecule has 20 heavy (non-hydrogen) atoms. The number of nitrogens with zero attached hydrogens (tertiary/aromatic N) is 3. The van der Waals surface area contributed by atoms with Gasteiger partial charge in [-0.25, -0.2) is 9.67 Å². The molecule has 0 aliphatic rings. The van der Waals surface area contributed by atoms with Gasteiger partial charge in [-0.15, -0.1) is 5.10 Å². The summed E-state index contributed by atoms with van der Waals surface area (Å²) in [5, 5.41) is 7.57. The Labute approximate surface area is 121 Å². The van der Waals surface area contributed by atoms with Crippen LogP contribution in [0.1, 0.15) is 11.4 Å². The van der Waals surface area contributed by atoms with E-state index in [9.17, 15) is 0 Å². The van der Waals surface area contributed by atoms with E-state index in [2.05, 4.69) is 40.0 Å². The minimum absolute atomic E-state index is 0.584. The Bertz CT molecular complexity index is 630. The van der Waals surface area contributed by atoms with Gasteiger partial charge in [0.05, 0.1) is 13.7 Å². The lowest BCUT2D eigenvalue weighted by Crippen LogP contribution is -2.00. The number of rotatable bonds is 3. The van der Waals surface area contributed by atoms with Gasteiger partial charge < -0.3 is 4.74 Å². The van der Waals surface area contributed by atoms with E-state index in [1.165, 1.54) is 0 Å². The highest BCUT2D eigenvalue weighted by Crippen LogP contribution is 2.32. The van der Waals surface area contributed by atoms with E-state index in [1.54, 1.807) is 18.1 Å². The van der Waals surface area contributed by atoms with Crippen molar-refractivity contribution in [2.24, 2.45) is 0 Å². The van der Waals surface area contributed by atoms with Crippen LogP contribution in [0.4, 0.5) is 0 Å². The second-order valence-corrected chi connectivity index (χ2v) is 9.06. The van der Waals surface area contributed by atoms with Gasteiger partial charge >= 0.3 is 0 Å². The largest absolute Gasteiger partial charge is 0.497 e. The number of aromatic nitrogens is 3. The Balaban J connectivity index is 2.06. The van der Waals surface area contributed by atoms with Crippen molar-refractivity contribution in [3.05, 3.63) is 42.0 Å². The van der Waals surface area contributed by atoms with Gasteiger partial charge in [0.25, 0.3) is 0 Å². The summed E-state index contributed by atoms with van der Waals surface area (Å²) in [6, 6.07) is 7.92. The minimum Gasteiger partial charge on any atom is -0.497 e. The van der Waals surface area contributed by atoms with Crippen molar-refractivity contribution in [2.45, 2.75) is 6.54 Å². The van der Waals surface area contributed by atoms with Crippen molar-refractivity contribution in [1.29, 1.82) is 0 Å². The predicted octanol–water partition coefficient (Wildman–Crippen LogP) is 2.34. The summed E-state index contributed by atoms with van der Waals surface area (Å²) in [5.41, 5.74) is 1.15. The first-order chi connectivity index (χ1) is 9.46. The maximum absolute atomic E-state index is 5.14. The lowest BCUT2D eigenvalue weighted by atomic mass is 10.2. The molecule has 0 saturated heterocycles. The molecule has 4 nitrogen and oxygen atoms in total. The summed E-state index contributed by atoms with van der Waals surface area (Å²) in [5.74, 6) is 4.47. The molecule has 1 heterocycles. The third kappa shape index (κ3) is 4.32. The molecule has 0 radical (unpaired) electrons. The molecule has 0 amide bonds. The smallest absolute Gasteiger partial charge is 0.226 e. The molecule has 0 N–H and O–H groups in total. The molecule has 0 saturated carbocycles. The lowest BCUT2D eigenvalue weighted by molar-refractivity contribution is 0.414. The molecule has 2 rings (SSSR count). The van der Waals surface area contributed by atoms with Crippen LogP contribution in [-0.2, 0) is 6.54 Å². The lowest BCUT2D eigenvalue weighted by Gasteiger charge is -2.14. The molecule has 106 valence electrons. The Morgan fingerprint density at radius 1 is 1.20 bits per heavy atom. The van der Waals surface area contributed by atoms with Crippen LogP contribution in [0, 0.1) is 11.2 Å². The Kier molecular flexibility index (Phi) is 4.35. The monoisotopic (exact) mass is 289 g/mol. The highest BCUT2D eigenvalue weighted by atomic mass is 32.3. The van der Waals surface area contributed by atoms with E-state index in [4.69, 9.17) is 4.74 Å². The van der Waals surface area contributed by atoms with Crippen LogP contribution in [0.3, 0.4) is 0 Å². The van der Waals surface area contributed by atoms with E-state index in [0.29, 0.717) is 12.4 Å². The van der Waals surface area contributed by atoms with E-state index >= 15 is 0 Å². The average molecular weight is 289 g/mol. The fourth-order valence-electron chi connectivity index (χ4n) is 1.54. The molecule has 5 heteroatoms. The van der Waals surface area contributed by atoms with Crippen LogP contribution >= 0.6 is 10.0 Å². The summed E-state index contributed by atoms with van der Waals surface area (Å²) in [6.45, 7) is 0.682. The van der Waals surface area contributed by atoms with Gasteiger partial charge in [0.15, 0.2) is 0 Å². The maximum Gasteiger partial charge on any atom is 0.226 e. The van der Waals surface area contributed by atoms with Crippen molar-refractivity contribution < 1.29 is 4.74 Å². The van der Waals surface area contributed by atoms with Gasteiger partial charge in [-0.1, -0.05) is 12.1 Å². The predicted molar refractivity (Wildman–Crippen MR) is 84.4 cm³/mol. The molecule has 0 bridgehead atoms. The average Bonchev–Trinajstić information content (AvgIpc) is 2.84. The molecule has 1 aromatic heterocycles. The van der Waals surface area contributed by atoms with E-state index in [0.717, 1.165) is 11.3 Å². The fourth-order valence-corrected chi connectivity index (χ4v) is 1.94. The Hall–Kier alpha value is -1.93. The molecule has 0 aliphatic carbocycles. The summed E-state index contributed by atoms with van der Waals surface area (Å²) in [4.78, 5) is 4.22. The number of ether oxygens (including phenoxy) is 1. The summed E-state index contributed by atoms with van der Waals surface area (Å²) < 4.78 is 6.93. The van der Waals surface area contributed by atoms with Crippen LogP contribution in [0.2, 0.25) is 0 Å². The quantitative estimate of drug-likeness (QED) is 0.814. The van der Waals surface area contributed by atoms with Gasteiger partial charge in [-0.2, -0.15) is 10.0 Å². The van der Waals surface area contributed by atoms with E-state index in [1.807, 2.05) is 24.3 Å².